The lowest BCUT2D eigenvalue weighted by molar-refractivity contribution is -0.164. The number of hydrogen-bond acceptors (Lipinski definition) is 9. The average Bonchev–Trinajstić information content (AvgIpc) is 3.67. The Bertz CT molecular complexity index is 2200. The molecule has 3 N–H and O–H groups in total. The number of imide groups is 2. The van der Waals surface area contributed by atoms with Crippen LogP contribution in [-0.2, 0) is 22.7 Å². The average molecular weight is 793 g/mol. The Hall–Kier alpha value is -5.29. The number of carbonyl (C=O) groups excluding carboxylic acids is 5. The highest BCUT2D eigenvalue weighted by molar-refractivity contribution is 6.33. The van der Waals surface area contributed by atoms with E-state index in [1.54, 1.807) is 30.3 Å². The van der Waals surface area contributed by atoms with E-state index in [0.29, 0.717) is 67.6 Å². The Morgan fingerprint density at radius 2 is 1.56 bits per heavy atom. The van der Waals surface area contributed by atoms with Crippen LogP contribution in [0.5, 0.6) is 5.75 Å². The monoisotopic (exact) mass is 792 g/mol. The minimum absolute atomic E-state index is 0.0681. The first-order chi connectivity index (χ1) is 27.0. The van der Waals surface area contributed by atoms with Crippen LogP contribution in [0.25, 0.3) is 4.85 Å². The molecule has 8 rings (SSSR count). The third-order valence-electron chi connectivity index (χ3n) is 12.7. The first-order valence-electron chi connectivity index (χ1n) is 19.3. The summed E-state index contributed by atoms with van der Waals surface area (Å²) in [4.78, 5) is 73.0. The third kappa shape index (κ3) is 6.73. The first kappa shape index (κ1) is 38.6. The van der Waals surface area contributed by atoms with Crippen LogP contribution in [-0.4, -0.2) is 87.9 Å². The topological polar surface area (TPSA) is 153 Å². The number of amides is 5. The fourth-order valence-corrected chi connectivity index (χ4v) is 10.1. The van der Waals surface area contributed by atoms with Gasteiger partial charge in [-0.15, -0.1) is 0 Å². The lowest BCUT2D eigenvalue weighted by atomic mass is 9.49. The van der Waals surface area contributed by atoms with Gasteiger partial charge in [0, 0.05) is 67.3 Å². The van der Waals surface area contributed by atoms with Crippen molar-refractivity contribution < 1.29 is 33.8 Å². The molecule has 0 spiro atoms. The highest BCUT2D eigenvalue weighted by atomic mass is 35.5. The molecule has 0 aromatic heterocycles. The van der Waals surface area contributed by atoms with Gasteiger partial charge < -0.3 is 20.1 Å². The van der Waals surface area contributed by atoms with Crippen LogP contribution in [0.1, 0.15) is 95.6 Å². The van der Waals surface area contributed by atoms with Crippen molar-refractivity contribution in [3.8, 4) is 5.75 Å². The molecule has 1 atom stereocenters. The van der Waals surface area contributed by atoms with Crippen LogP contribution >= 0.6 is 11.6 Å². The number of ether oxygens (including phenoxy) is 1. The van der Waals surface area contributed by atoms with Crippen molar-refractivity contribution in [2.75, 3.05) is 24.5 Å². The molecule has 13 nitrogen and oxygen atoms in total. The molecule has 2 saturated heterocycles. The van der Waals surface area contributed by atoms with Crippen LogP contribution in [0.2, 0.25) is 5.02 Å². The second kappa shape index (κ2) is 14.0. The predicted octanol–water partition coefficient (Wildman–Crippen LogP) is 5.25. The Morgan fingerprint density at radius 1 is 0.947 bits per heavy atom. The van der Waals surface area contributed by atoms with Crippen LogP contribution in [0.4, 0.5) is 11.4 Å². The Kier molecular flexibility index (Phi) is 9.45. The molecule has 4 heterocycles. The van der Waals surface area contributed by atoms with Gasteiger partial charge in [0.15, 0.2) is 0 Å². The van der Waals surface area contributed by atoms with E-state index in [4.69, 9.17) is 22.9 Å². The summed E-state index contributed by atoms with van der Waals surface area (Å²) in [5.41, 5.74) is 2.56. The number of aliphatic hydroxyl groups is 1. The van der Waals surface area contributed by atoms with Crippen LogP contribution in [0.3, 0.4) is 0 Å². The Labute approximate surface area is 336 Å². The lowest BCUT2D eigenvalue weighted by Crippen LogP contribution is -2.74. The molecular formula is C43H45ClN6O7. The van der Waals surface area contributed by atoms with Crippen LogP contribution in [0.15, 0.2) is 54.6 Å². The molecular weight excluding hydrogens is 748 g/mol. The van der Waals surface area contributed by atoms with Crippen molar-refractivity contribution >= 4 is 52.5 Å². The largest absolute Gasteiger partial charge is 0.489 e. The van der Waals surface area contributed by atoms with E-state index in [1.165, 1.54) is 0 Å². The van der Waals surface area contributed by atoms with E-state index in [0.717, 1.165) is 21.7 Å². The fourth-order valence-electron chi connectivity index (χ4n) is 9.93. The SMILES string of the molecule is [C-]#[N+]c1ccc(OC2C(C)(C)C(NC(=O)c3ccc(N4CCC(O)(CN5Cc6cc7c(cc6C5)C(=O)N(C5CCC(=O)NC5=O)C7=O)CC4)cc3)C2(C)C)cc1Cl. The van der Waals surface area contributed by atoms with E-state index < -0.39 is 35.3 Å². The summed E-state index contributed by atoms with van der Waals surface area (Å²) < 4.78 is 6.37. The number of fused-ring (bicyclic) bond motifs is 2. The van der Waals surface area contributed by atoms with Gasteiger partial charge in [-0.25, -0.2) is 4.85 Å². The highest BCUT2D eigenvalue weighted by Crippen LogP contribution is 2.56. The number of halogens is 1. The molecule has 3 fully saturated rings. The maximum Gasteiger partial charge on any atom is 0.262 e. The van der Waals surface area contributed by atoms with Gasteiger partial charge in [-0.3, -0.25) is 39.1 Å². The van der Waals surface area contributed by atoms with Crippen molar-refractivity contribution in [2.24, 2.45) is 10.8 Å². The number of nitrogens with one attached hydrogen (secondary N) is 2. The number of β-amino-alcohol motifs (C(OH)–C–C–N with tert-alkyl or cyclic N) is 1. The number of rotatable bonds is 8. The van der Waals surface area contributed by atoms with Crippen molar-refractivity contribution in [3.05, 3.63) is 98.9 Å². The smallest absolute Gasteiger partial charge is 0.262 e. The van der Waals surface area contributed by atoms with Crippen LogP contribution < -0.4 is 20.3 Å². The quantitative estimate of drug-likeness (QED) is 0.205. The molecule has 5 aliphatic rings. The molecule has 14 heteroatoms. The van der Waals surface area contributed by atoms with Gasteiger partial charge in [0.05, 0.1) is 28.3 Å². The lowest BCUT2D eigenvalue weighted by Gasteiger charge is -2.63. The summed E-state index contributed by atoms with van der Waals surface area (Å²) in [5.74, 6) is -1.67. The van der Waals surface area contributed by atoms with E-state index >= 15 is 0 Å². The summed E-state index contributed by atoms with van der Waals surface area (Å²) in [6.45, 7) is 18.3. The first-order valence-corrected chi connectivity index (χ1v) is 19.7. The summed E-state index contributed by atoms with van der Waals surface area (Å²) in [5, 5.41) is 17.5. The summed E-state index contributed by atoms with van der Waals surface area (Å²) in [6, 6.07) is 14.9. The second-order valence-corrected chi connectivity index (χ2v) is 17.7. The van der Waals surface area contributed by atoms with E-state index in [1.807, 2.05) is 24.3 Å². The zero-order valence-electron chi connectivity index (χ0n) is 32.4. The van der Waals surface area contributed by atoms with E-state index in [9.17, 15) is 29.1 Å². The molecule has 5 amide bonds. The molecule has 1 unspecified atom stereocenters. The highest BCUT2D eigenvalue weighted by Gasteiger charge is 2.64. The maximum atomic E-state index is 13.5. The maximum absolute atomic E-state index is 13.5. The van der Waals surface area contributed by atoms with Gasteiger partial charge in [0.1, 0.15) is 17.9 Å². The summed E-state index contributed by atoms with van der Waals surface area (Å²) in [7, 11) is 0. The predicted molar refractivity (Wildman–Crippen MR) is 211 cm³/mol. The molecule has 0 radical (unpaired) electrons. The molecule has 57 heavy (non-hydrogen) atoms. The van der Waals surface area contributed by atoms with Crippen molar-refractivity contribution in [1.82, 2.24) is 20.4 Å². The Morgan fingerprint density at radius 3 is 2.12 bits per heavy atom. The van der Waals surface area contributed by atoms with Gasteiger partial charge in [0.2, 0.25) is 17.5 Å². The summed E-state index contributed by atoms with van der Waals surface area (Å²) in [6.07, 6.45) is 1.06. The molecule has 0 bridgehead atoms. The molecule has 4 aliphatic heterocycles. The fraction of sp³-hybridized carbons (Fsp3) is 0.442. The van der Waals surface area contributed by atoms with E-state index in [-0.39, 0.29) is 52.9 Å². The van der Waals surface area contributed by atoms with Gasteiger partial charge in [0.25, 0.3) is 17.7 Å². The normalized spacial score (nSPS) is 24.6. The minimum atomic E-state index is -1.00. The van der Waals surface area contributed by atoms with Crippen LogP contribution in [0, 0.1) is 17.4 Å². The number of hydrogen-bond donors (Lipinski definition) is 3. The number of nitrogens with zero attached hydrogens (tertiary/aromatic N) is 4. The van der Waals surface area contributed by atoms with Crippen molar-refractivity contribution in [3.63, 3.8) is 0 Å². The molecule has 3 aromatic carbocycles. The standard InChI is InChI=1S/C43H45ClN6O7/c1-41(2)39(42(3,4)40(41)57-28-10-11-32(45-5)31(44)20-28)47-35(52)24-6-8-27(9-7-24)49-16-14-43(56,15-17-49)23-48-21-25-18-29-30(19-26(25)22-48)38(55)50(37(29)54)33-12-13-34(51)46-36(33)53/h6-11,18-20,33,39-40,56H,12-17,21-23H2,1-4H3,(H,47,52)(H,46,51,53). The van der Waals surface area contributed by atoms with Crippen molar-refractivity contribution in [1.29, 1.82) is 0 Å². The number of benzene rings is 3. The molecule has 1 aliphatic carbocycles. The molecule has 3 aromatic rings. The molecule has 1 saturated carbocycles. The molecule has 296 valence electrons. The van der Waals surface area contributed by atoms with Gasteiger partial charge in [-0.1, -0.05) is 45.4 Å². The van der Waals surface area contributed by atoms with Gasteiger partial charge in [-0.05, 0) is 78.9 Å². The summed E-state index contributed by atoms with van der Waals surface area (Å²) >= 11 is 6.25. The third-order valence-corrected chi connectivity index (χ3v) is 13.0. The number of anilines is 1. The zero-order chi connectivity index (χ0) is 40.6. The zero-order valence-corrected chi connectivity index (χ0v) is 33.1. The second-order valence-electron chi connectivity index (χ2n) is 17.3. The number of carbonyl (C=O) groups is 5. The van der Waals surface area contributed by atoms with E-state index in [2.05, 4.69) is 53.0 Å². The minimum Gasteiger partial charge on any atom is -0.489 e. The Balaban J connectivity index is 0.838. The van der Waals surface area contributed by atoms with Gasteiger partial charge >= 0.3 is 0 Å². The number of piperidine rings is 2. The van der Waals surface area contributed by atoms with Gasteiger partial charge in [-0.2, -0.15) is 0 Å². The van der Waals surface area contributed by atoms with Crippen molar-refractivity contribution in [2.45, 2.75) is 90.3 Å².